The van der Waals surface area contributed by atoms with Gasteiger partial charge in [-0.1, -0.05) is 48.5 Å². The second kappa shape index (κ2) is 8.69. The van der Waals surface area contributed by atoms with Crippen molar-refractivity contribution in [2.24, 2.45) is 10.7 Å². The molecular formula is C22H22ClN3OS. The van der Waals surface area contributed by atoms with Crippen LogP contribution in [0.1, 0.15) is 21.5 Å². The lowest BCUT2D eigenvalue weighted by Gasteiger charge is -2.32. The summed E-state index contributed by atoms with van der Waals surface area (Å²) in [6.45, 7) is 0.465. The van der Waals surface area contributed by atoms with Gasteiger partial charge in [-0.2, -0.15) is 11.3 Å². The second-order valence-electron chi connectivity index (χ2n) is 6.65. The molecule has 2 atom stereocenters. The number of carbonyl (C=O) groups excluding carboxylic acids is 1. The van der Waals surface area contributed by atoms with Gasteiger partial charge < -0.3 is 10.6 Å². The number of likely N-dealkylation sites (N-methyl/N-ethyl adjacent to an activating group) is 1. The molecule has 144 valence electrons. The SMILES string of the molecule is CN1c2ccccc2C(c2ccccc2)=NCC1C(N)C(=O)c1ccsc1.Cl. The Kier molecular flexibility index (Phi) is 6.29. The lowest BCUT2D eigenvalue weighted by atomic mass is 9.98. The molecule has 1 aliphatic rings. The van der Waals surface area contributed by atoms with Crippen LogP contribution in [0.5, 0.6) is 0 Å². The Morgan fingerprint density at radius 2 is 1.86 bits per heavy atom. The van der Waals surface area contributed by atoms with E-state index in [1.54, 1.807) is 0 Å². The van der Waals surface area contributed by atoms with Crippen molar-refractivity contribution in [1.82, 2.24) is 0 Å². The van der Waals surface area contributed by atoms with Gasteiger partial charge in [0.15, 0.2) is 5.78 Å². The minimum Gasteiger partial charge on any atom is -0.367 e. The fourth-order valence-corrected chi connectivity index (χ4v) is 4.17. The van der Waals surface area contributed by atoms with E-state index in [1.165, 1.54) is 11.3 Å². The van der Waals surface area contributed by atoms with Gasteiger partial charge in [-0.05, 0) is 17.5 Å². The number of rotatable bonds is 4. The van der Waals surface area contributed by atoms with Gasteiger partial charge in [-0.3, -0.25) is 9.79 Å². The van der Waals surface area contributed by atoms with Crippen molar-refractivity contribution in [1.29, 1.82) is 0 Å². The first-order valence-corrected chi connectivity index (χ1v) is 9.85. The highest BCUT2D eigenvalue weighted by Gasteiger charge is 2.32. The van der Waals surface area contributed by atoms with E-state index in [4.69, 9.17) is 10.7 Å². The number of benzene rings is 2. The Morgan fingerprint density at radius 3 is 2.57 bits per heavy atom. The minimum atomic E-state index is -0.642. The van der Waals surface area contributed by atoms with Crippen LogP contribution in [-0.4, -0.2) is 37.2 Å². The molecule has 0 aliphatic carbocycles. The predicted octanol–water partition coefficient (Wildman–Crippen LogP) is 4.04. The molecule has 2 heterocycles. The number of Topliss-reactive ketones (excluding diaryl/α,β-unsaturated/α-hetero) is 1. The summed E-state index contributed by atoms with van der Waals surface area (Å²) >= 11 is 1.51. The first-order chi connectivity index (χ1) is 13.2. The highest BCUT2D eigenvalue weighted by molar-refractivity contribution is 7.08. The Balaban J connectivity index is 0.00000225. The van der Waals surface area contributed by atoms with E-state index in [0.717, 1.165) is 22.5 Å². The number of nitrogens with zero attached hydrogens (tertiary/aromatic N) is 2. The van der Waals surface area contributed by atoms with Crippen molar-refractivity contribution in [3.63, 3.8) is 0 Å². The number of para-hydroxylation sites is 1. The third-order valence-electron chi connectivity index (χ3n) is 5.04. The molecule has 0 amide bonds. The van der Waals surface area contributed by atoms with Crippen LogP contribution in [0.2, 0.25) is 0 Å². The summed E-state index contributed by atoms with van der Waals surface area (Å²) in [7, 11) is 1.99. The van der Waals surface area contributed by atoms with E-state index in [-0.39, 0.29) is 24.2 Å². The van der Waals surface area contributed by atoms with Gasteiger partial charge in [0.05, 0.1) is 24.3 Å². The monoisotopic (exact) mass is 411 g/mol. The summed E-state index contributed by atoms with van der Waals surface area (Å²) in [4.78, 5) is 19.8. The number of anilines is 1. The number of carbonyl (C=O) groups is 1. The smallest absolute Gasteiger partial charge is 0.182 e. The second-order valence-corrected chi connectivity index (χ2v) is 7.43. The van der Waals surface area contributed by atoms with Crippen molar-refractivity contribution in [2.75, 3.05) is 18.5 Å². The van der Waals surface area contributed by atoms with Crippen molar-refractivity contribution in [2.45, 2.75) is 12.1 Å². The summed E-state index contributed by atoms with van der Waals surface area (Å²) < 4.78 is 0. The number of ketones is 1. The zero-order chi connectivity index (χ0) is 18.8. The maximum atomic E-state index is 12.8. The number of hydrogen-bond donors (Lipinski definition) is 1. The molecule has 0 saturated carbocycles. The molecule has 0 radical (unpaired) electrons. The van der Waals surface area contributed by atoms with E-state index >= 15 is 0 Å². The Morgan fingerprint density at radius 1 is 1.14 bits per heavy atom. The molecule has 28 heavy (non-hydrogen) atoms. The summed E-state index contributed by atoms with van der Waals surface area (Å²) in [6.07, 6.45) is 0. The highest BCUT2D eigenvalue weighted by Crippen LogP contribution is 2.28. The molecule has 2 unspecified atom stereocenters. The van der Waals surface area contributed by atoms with Gasteiger partial charge in [-0.15, -0.1) is 12.4 Å². The lowest BCUT2D eigenvalue weighted by Crippen LogP contribution is -2.52. The third-order valence-corrected chi connectivity index (χ3v) is 5.73. The number of hydrogen-bond acceptors (Lipinski definition) is 5. The summed E-state index contributed by atoms with van der Waals surface area (Å²) in [5.74, 6) is -0.0380. The summed E-state index contributed by atoms with van der Waals surface area (Å²) in [5.41, 5.74) is 11.2. The molecule has 2 N–H and O–H groups in total. The fourth-order valence-electron chi connectivity index (χ4n) is 3.52. The quantitative estimate of drug-likeness (QED) is 0.659. The van der Waals surface area contributed by atoms with Crippen LogP contribution in [0.25, 0.3) is 0 Å². The summed E-state index contributed by atoms with van der Waals surface area (Å²) in [6, 6.07) is 19.3. The van der Waals surface area contributed by atoms with Crippen LogP contribution in [-0.2, 0) is 0 Å². The molecule has 1 aliphatic heterocycles. The number of fused-ring (bicyclic) bond motifs is 1. The summed E-state index contributed by atoms with van der Waals surface area (Å²) in [5, 5.41) is 3.75. The Labute approximate surface area is 175 Å². The molecular weight excluding hydrogens is 390 g/mol. The average molecular weight is 412 g/mol. The topological polar surface area (TPSA) is 58.7 Å². The van der Waals surface area contributed by atoms with Crippen LogP contribution in [0.4, 0.5) is 5.69 Å². The maximum Gasteiger partial charge on any atom is 0.182 e. The van der Waals surface area contributed by atoms with Gasteiger partial charge in [0.25, 0.3) is 0 Å². The van der Waals surface area contributed by atoms with E-state index in [9.17, 15) is 4.79 Å². The van der Waals surface area contributed by atoms with E-state index in [0.29, 0.717) is 12.1 Å². The third kappa shape index (κ3) is 3.74. The van der Waals surface area contributed by atoms with Crippen molar-refractivity contribution in [3.8, 4) is 0 Å². The van der Waals surface area contributed by atoms with Crippen LogP contribution in [0, 0.1) is 0 Å². The zero-order valence-corrected chi connectivity index (χ0v) is 17.1. The van der Waals surface area contributed by atoms with Crippen LogP contribution < -0.4 is 10.6 Å². The average Bonchev–Trinajstić information content (AvgIpc) is 3.21. The standard InChI is InChI=1S/C22H21N3OS.ClH/c1-25-18-10-6-5-9-17(18)21(15-7-3-2-4-8-15)24-13-19(25)20(23)22(26)16-11-12-27-14-16;/h2-12,14,19-20H,13,23H2,1H3;1H. The molecule has 2 aromatic carbocycles. The van der Waals surface area contributed by atoms with Crippen molar-refractivity contribution in [3.05, 3.63) is 88.1 Å². The van der Waals surface area contributed by atoms with Crippen LogP contribution in [0.15, 0.2) is 76.4 Å². The lowest BCUT2D eigenvalue weighted by molar-refractivity contribution is 0.0950. The van der Waals surface area contributed by atoms with Gasteiger partial charge in [-0.25, -0.2) is 0 Å². The van der Waals surface area contributed by atoms with Crippen molar-refractivity contribution >= 4 is 40.9 Å². The molecule has 0 bridgehead atoms. The van der Waals surface area contributed by atoms with E-state index in [2.05, 4.69) is 29.2 Å². The van der Waals surface area contributed by atoms with Crippen LogP contribution >= 0.6 is 23.7 Å². The van der Waals surface area contributed by atoms with E-state index in [1.807, 2.05) is 54.2 Å². The van der Waals surface area contributed by atoms with Gasteiger partial charge >= 0.3 is 0 Å². The molecule has 4 nitrogen and oxygen atoms in total. The molecule has 0 spiro atoms. The number of benzodiazepines with no additional fused rings is 1. The molecule has 4 rings (SSSR count). The predicted molar refractivity (Wildman–Crippen MR) is 119 cm³/mol. The number of aliphatic imine (C=N–C) groups is 1. The maximum absolute atomic E-state index is 12.8. The molecule has 3 aromatic rings. The molecule has 0 fully saturated rings. The zero-order valence-electron chi connectivity index (χ0n) is 15.5. The molecule has 6 heteroatoms. The first kappa shape index (κ1) is 20.3. The Bertz CT molecular complexity index is 972. The van der Waals surface area contributed by atoms with Crippen LogP contribution in [0.3, 0.4) is 0 Å². The van der Waals surface area contributed by atoms with E-state index < -0.39 is 6.04 Å². The normalized spacial score (nSPS) is 17.0. The first-order valence-electron chi connectivity index (χ1n) is 8.91. The largest absolute Gasteiger partial charge is 0.367 e. The van der Waals surface area contributed by atoms with Gasteiger partial charge in [0, 0.05) is 34.8 Å². The Hall–Kier alpha value is -2.47. The van der Waals surface area contributed by atoms with Gasteiger partial charge in [0.1, 0.15) is 0 Å². The number of halogens is 1. The molecule has 0 saturated heterocycles. The minimum absolute atomic E-state index is 0. The fraction of sp³-hybridized carbons (Fsp3) is 0.182. The number of nitrogens with two attached hydrogens (primary N) is 1. The number of thiophene rings is 1. The van der Waals surface area contributed by atoms with Crippen molar-refractivity contribution < 1.29 is 4.79 Å². The highest BCUT2D eigenvalue weighted by atomic mass is 35.5. The van der Waals surface area contributed by atoms with Gasteiger partial charge in [0.2, 0.25) is 0 Å². The molecule has 1 aromatic heterocycles.